The number of fused-ring (bicyclic) bond motifs is 2. The van der Waals surface area contributed by atoms with Crippen LogP contribution in [0.2, 0.25) is 0 Å². The Bertz CT molecular complexity index is 2440. The van der Waals surface area contributed by atoms with E-state index in [4.69, 9.17) is 0 Å². The third-order valence-electron chi connectivity index (χ3n) is 10.0. The van der Waals surface area contributed by atoms with Crippen molar-refractivity contribution >= 4 is 56.5 Å². The zero-order valence-electron chi connectivity index (χ0n) is 29.1. The van der Waals surface area contributed by atoms with Gasteiger partial charge in [-0.05, 0) is 121 Å². The monoisotopic (exact) mass is 642 g/mol. The van der Waals surface area contributed by atoms with E-state index in [0.29, 0.717) is 0 Å². The summed E-state index contributed by atoms with van der Waals surface area (Å²) in [4.78, 5) is 0. The largest absolute Gasteiger partial charge is 0.0984 e. The van der Waals surface area contributed by atoms with Gasteiger partial charge in [0.2, 0.25) is 0 Å². The lowest BCUT2D eigenvalue weighted by Gasteiger charge is -2.22. The second-order valence-electron chi connectivity index (χ2n) is 13.2. The molecule has 50 heavy (non-hydrogen) atoms. The van der Waals surface area contributed by atoms with Gasteiger partial charge in [0.1, 0.15) is 0 Å². The van der Waals surface area contributed by atoms with Gasteiger partial charge < -0.3 is 0 Å². The maximum atomic E-state index is 4.32. The van der Waals surface area contributed by atoms with Crippen molar-refractivity contribution in [2.24, 2.45) is 0 Å². The zero-order valence-corrected chi connectivity index (χ0v) is 29.1. The van der Waals surface area contributed by atoms with Crippen molar-refractivity contribution in [3.8, 4) is 22.3 Å². The van der Waals surface area contributed by atoms with Gasteiger partial charge in [-0.2, -0.15) is 0 Å². The Hall–Kier alpha value is -5.98. The Morgan fingerprint density at radius 2 is 1.20 bits per heavy atom. The van der Waals surface area contributed by atoms with Crippen LogP contribution in [0.4, 0.5) is 0 Å². The Morgan fingerprint density at radius 3 is 1.90 bits per heavy atom. The molecular formula is C50H42. The topological polar surface area (TPSA) is 0 Å². The van der Waals surface area contributed by atoms with E-state index >= 15 is 0 Å². The van der Waals surface area contributed by atoms with Gasteiger partial charge in [-0.15, -0.1) is 0 Å². The number of allylic oxidation sites excluding steroid dienone is 7. The van der Waals surface area contributed by atoms with Crippen LogP contribution < -0.4 is 0 Å². The molecule has 0 nitrogen and oxygen atoms in total. The van der Waals surface area contributed by atoms with Crippen LogP contribution in [0.1, 0.15) is 60.1 Å². The summed E-state index contributed by atoms with van der Waals surface area (Å²) in [5, 5.41) is 4.90. The molecule has 6 aromatic carbocycles. The first kappa shape index (κ1) is 32.6. The molecule has 0 atom stereocenters. The van der Waals surface area contributed by atoms with Crippen LogP contribution in [0.3, 0.4) is 0 Å². The highest BCUT2D eigenvalue weighted by Crippen LogP contribution is 2.45. The van der Waals surface area contributed by atoms with Gasteiger partial charge in [0.25, 0.3) is 0 Å². The van der Waals surface area contributed by atoms with Crippen LogP contribution in [0.5, 0.6) is 0 Å². The summed E-state index contributed by atoms with van der Waals surface area (Å²) in [6.45, 7) is 21.4. The minimum absolute atomic E-state index is 1.01. The second kappa shape index (κ2) is 13.9. The second-order valence-corrected chi connectivity index (χ2v) is 13.2. The molecule has 242 valence electrons. The molecule has 0 spiro atoms. The van der Waals surface area contributed by atoms with E-state index < -0.39 is 0 Å². The fraction of sp³-hybridized carbons (Fsp3) is 0.0800. The van der Waals surface area contributed by atoms with E-state index in [1.165, 1.54) is 49.4 Å². The van der Waals surface area contributed by atoms with Gasteiger partial charge in [-0.3, -0.25) is 0 Å². The summed E-state index contributed by atoms with van der Waals surface area (Å²) >= 11 is 0. The minimum atomic E-state index is 1.01. The minimum Gasteiger partial charge on any atom is -0.0984 e. The molecule has 7 rings (SSSR count). The van der Waals surface area contributed by atoms with Crippen LogP contribution in [0.15, 0.2) is 159 Å². The molecule has 0 unspecified atom stereocenters. The van der Waals surface area contributed by atoms with Crippen LogP contribution in [-0.4, -0.2) is 0 Å². The first-order chi connectivity index (χ1) is 24.4. The molecule has 0 fully saturated rings. The number of rotatable bonds is 8. The zero-order chi connectivity index (χ0) is 34.8. The Labute approximate surface area is 297 Å². The number of hydrogen-bond donors (Lipinski definition) is 0. The average Bonchev–Trinajstić information content (AvgIpc) is 3.14. The number of hydrogen-bond acceptors (Lipinski definition) is 0. The van der Waals surface area contributed by atoms with Crippen molar-refractivity contribution < 1.29 is 0 Å². The van der Waals surface area contributed by atoms with Gasteiger partial charge in [-0.25, -0.2) is 0 Å². The number of benzene rings is 6. The van der Waals surface area contributed by atoms with E-state index in [2.05, 4.69) is 161 Å². The van der Waals surface area contributed by atoms with Crippen molar-refractivity contribution in [2.75, 3.05) is 0 Å². The smallest absolute Gasteiger partial charge is 0.00204 e. The predicted octanol–water partition coefficient (Wildman–Crippen LogP) is 14.5. The molecule has 0 aromatic heterocycles. The van der Waals surface area contributed by atoms with Crippen LogP contribution in [-0.2, 0) is 0 Å². The summed E-state index contributed by atoms with van der Waals surface area (Å²) in [7, 11) is 0. The third kappa shape index (κ3) is 5.95. The lowest BCUT2D eigenvalue weighted by atomic mass is 9.81. The van der Waals surface area contributed by atoms with Crippen molar-refractivity contribution in [3.63, 3.8) is 0 Å². The van der Waals surface area contributed by atoms with Crippen molar-refractivity contribution in [1.29, 1.82) is 0 Å². The molecule has 6 aromatic rings. The van der Waals surface area contributed by atoms with E-state index in [1.54, 1.807) is 0 Å². The van der Waals surface area contributed by atoms with E-state index in [0.717, 1.165) is 62.9 Å². The normalized spacial score (nSPS) is 16.2. The molecule has 0 saturated carbocycles. The molecule has 0 amide bonds. The molecule has 1 aliphatic carbocycles. The maximum Gasteiger partial charge on any atom is -0.00204 e. The lowest BCUT2D eigenvalue weighted by molar-refractivity contribution is 0.991. The molecule has 0 heteroatoms. The molecule has 0 heterocycles. The lowest BCUT2D eigenvalue weighted by Crippen LogP contribution is -1.98. The fourth-order valence-corrected chi connectivity index (χ4v) is 7.51. The van der Waals surface area contributed by atoms with E-state index in [1.807, 2.05) is 25.2 Å². The Morgan fingerprint density at radius 1 is 0.580 bits per heavy atom. The van der Waals surface area contributed by atoms with Gasteiger partial charge in [0.05, 0.1) is 0 Å². The van der Waals surface area contributed by atoms with Gasteiger partial charge in [-0.1, -0.05) is 177 Å². The molecule has 0 N–H and O–H groups in total. The van der Waals surface area contributed by atoms with Crippen LogP contribution in [0, 0.1) is 0 Å². The summed E-state index contributed by atoms with van der Waals surface area (Å²) in [5.74, 6) is 0. The Balaban J connectivity index is 1.35. The standard InChI is InChI=1S/C50H42/c1-7-42-45(33(4)5)19-14-20-46(42)50-44(9-3)43(8-2)49(47-17-12-13-18-48(47)50)38-27-23-37(24-28-38)40-29-26-36(22-21-34(6)31-40)41-30-25-35-15-10-11-16-39(35)32-41/h7-20,23-32H,1-4,21-22H2,5-6H3/b34-31+,36-26+,40-29+. The van der Waals surface area contributed by atoms with Crippen LogP contribution in [0.25, 0.3) is 78.7 Å². The van der Waals surface area contributed by atoms with Gasteiger partial charge in [0.15, 0.2) is 0 Å². The highest BCUT2D eigenvalue weighted by Gasteiger charge is 2.21. The molecule has 0 radical (unpaired) electrons. The van der Waals surface area contributed by atoms with E-state index in [9.17, 15) is 0 Å². The predicted molar refractivity (Wildman–Crippen MR) is 223 cm³/mol. The quantitative estimate of drug-likeness (QED) is 0.155. The van der Waals surface area contributed by atoms with Gasteiger partial charge in [0, 0.05) is 0 Å². The third-order valence-corrected chi connectivity index (χ3v) is 10.0. The summed E-state index contributed by atoms with van der Waals surface area (Å²) in [6.07, 6.45) is 14.9. The molecular weight excluding hydrogens is 601 g/mol. The first-order valence-corrected chi connectivity index (χ1v) is 17.3. The Kier molecular flexibility index (Phi) is 9.03. The summed E-state index contributed by atoms with van der Waals surface area (Å²) in [6, 6.07) is 39.5. The van der Waals surface area contributed by atoms with E-state index in [-0.39, 0.29) is 0 Å². The SMILES string of the molecule is C=Cc1c(C(=C)C)cccc1-c1c(C=C)c(C=C)c(-c2ccc(C3=C/C=C(/c4ccc5ccccc5c4)CC\C(C)=C\3)cc2)c2ccccc12. The molecule has 0 saturated heterocycles. The summed E-state index contributed by atoms with van der Waals surface area (Å²) < 4.78 is 0. The molecule has 0 bridgehead atoms. The van der Waals surface area contributed by atoms with Crippen molar-refractivity contribution in [3.05, 3.63) is 193 Å². The van der Waals surface area contributed by atoms with Crippen molar-refractivity contribution in [2.45, 2.75) is 26.7 Å². The average molecular weight is 643 g/mol. The maximum absolute atomic E-state index is 4.32. The van der Waals surface area contributed by atoms with Crippen LogP contribution >= 0.6 is 0 Å². The van der Waals surface area contributed by atoms with Crippen molar-refractivity contribution in [1.82, 2.24) is 0 Å². The molecule has 0 aliphatic heterocycles. The summed E-state index contributed by atoms with van der Waals surface area (Å²) in [5.41, 5.74) is 16.3. The highest BCUT2D eigenvalue weighted by atomic mass is 14.2. The molecule has 1 aliphatic rings. The fourth-order valence-electron chi connectivity index (χ4n) is 7.51. The first-order valence-electron chi connectivity index (χ1n) is 17.3. The highest BCUT2D eigenvalue weighted by molar-refractivity contribution is 6.12. The van der Waals surface area contributed by atoms with Gasteiger partial charge >= 0.3 is 0 Å².